The van der Waals surface area contributed by atoms with Gasteiger partial charge < -0.3 is 8.83 Å². The number of imidazole rings is 1. The molecule has 0 saturated heterocycles. The molecule has 51 heavy (non-hydrogen) atoms. The van der Waals surface area contributed by atoms with E-state index in [4.69, 9.17) is 22.0 Å². The van der Waals surface area contributed by atoms with Crippen LogP contribution in [0, 0.1) is 25.0 Å². The molecule has 9 aromatic rings. The topological polar surface area (TPSA) is 80.8 Å². The minimum Gasteiger partial charge on any atom is -0.451 e. The van der Waals surface area contributed by atoms with Crippen LogP contribution in [0.15, 0.2) is 106 Å². The molecular formula is C45H36N4O2. The summed E-state index contributed by atoms with van der Waals surface area (Å²) in [6.07, 6.45) is 0. The average molecular weight is 671 g/mol. The lowest BCUT2D eigenvalue weighted by Crippen LogP contribution is -2.10. The molecule has 9 rings (SSSR count). The molecule has 0 amide bonds. The van der Waals surface area contributed by atoms with E-state index in [0.29, 0.717) is 55.1 Å². The van der Waals surface area contributed by atoms with Crippen molar-refractivity contribution in [3.63, 3.8) is 0 Å². The number of para-hydroxylation sites is 1. The fourth-order valence-corrected chi connectivity index (χ4v) is 7.43. The van der Waals surface area contributed by atoms with Crippen LogP contribution in [0.3, 0.4) is 0 Å². The van der Waals surface area contributed by atoms with Gasteiger partial charge in [0.25, 0.3) is 0 Å². The third-order valence-electron chi connectivity index (χ3n) is 9.87. The number of rotatable bonds is 5. The summed E-state index contributed by atoms with van der Waals surface area (Å²) in [5.74, 6) is 0.416. The second-order valence-corrected chi connectivity index (χ2v) is 13.7. The third kappa shape index (κ3) is 4.62. The number of aromatic nitrogens is 3. The molecule has 0 atom stereocenters. The van der Waals surface area contributed by atoms with Gasteiger partial charge in [-0.2, -0.15) is 5.26 Å². The van der Waals surface area contributed by atoms with Crippen LogP contribution < -0.4 is 0 Å². The zero-order chi connectivity index (χ0) is 40.1. The summed E-state index contributed by atoms with van der Waals surface area (Å²) in [4.78, 5) is 9.55. The Bertz CT molecular complexity index is 3100. The zero-order valence-electron chi connectivity index (χ0n) is 34.5. The molecular weight excluding hydrogens is 629 g/mol. The highest BCUT2D eigenvalue weighted by Crippen LogP contribution is 2.45. The molecule has 0 aliphatic rings. The van der Waals surface area contributed by atoms with Crippen molar-refractivity contribution in [2.45, 2.75) is 53.2 Å². The smallest absolute Gasteiger partial charge is 0.228 e. The van der Waals surface area contributed by atoms with Crippen LogP contribution in [0.4, 0.5) is 0 Å². The van der Waals surface area contributed by atoms with Crippen LogP contribution in [0.1, 0.15) is 75.7 Å². The highest BCUT2D eigenvalue weighted by atomic mass is 16.4. The van der Waals surface area contributed by atoms with E-state index in [9.17, 15) is 5.26 Å². The first-order chi connectivity index (χ1) is 27.2. The first kappa shape index (κ1) is 24.9. The Kier molecular flexibility index (Phi) is 5.57. The Morgan fingerprint density at radius 2 is 1.41 bits per heavy atom. The molecule has 0 N–H and O–H groups in total. The van der Waals surface area contributed by atoms with Crippen molar-refractivity contribution in [2.24, 2.45) is 0 Å². The summed E-state index contributed by atoms with van der Waals surface area (Å²) in [6.45, 7) is 3.48. The van der Waals surface area contributed by atoms with Crippen LogP contribution in [0.5, 0.6) is 0 Å². The van der Waals surface area contributed by atoms with Crippen LogP contribution in [0.2, 0.25) is 0 Å². The predicted octanol–water partition coefficient (Wildman–Crippen LogP) is 12.3. The van der Waals surface area contributed by atoms with Gasteiger partial charge in [0.05, 0.1) is 22.3 Å². The van der Waals surface area contributed by atoms with Gasteiger partial charge in [0.1, 0.15) is 23.2 Å². The van der Waals surface area contributed by atoms with Crippen LogP contribution >= 0.6 is 0 Å². The molecule has 248 valence electrons. The van der Waals surface area contributed by atoms with Gasteiger partial charge in [0.2, 0.25) is 5.71 Å². The van der Waals surface area contributed by atoms with E-state index >= 15 is 0 Å². The van der Waals surface area contributed by atoms with Crippen molar-refractivity contribution in [2.75, 3.05) is 0 Å². The lowest BCUT2D eigenvalue weighted by atomic mass is 9.88. The number of nitrogens with zero attached hydrogens (tertiary/aromatic N) is 4. The fraction of sp³-hybridized carbons (Fsp3) is 0.178. The predicted molar refractivity (Wildman–Crippen MR) is 207 cm³/mol. The summed E-state index contributed by atoms with van der Waals surface area (Å²) in [6, 6.07) is 32.0. The van der Waals surface area contributed by atoms with Crippen molar-refractivity contribution in [1.29, 1.82) is 5.26 Å². The van der Waals surface area contributed by atoms with Crippen molar-refractivity contribution in [1.82, 2.24) is 14.5 Å². The van der Waals surface area contributed by atoms with Gasteiger partial charge in [-0.15, -0.1) is 0 Å². The van der Waals surface area contributed by atoms with E-state index in [2.05, 4.69) is 56.9 Å². The Morgan fingerprint density at radius 3 is 2.14 bits per heavy atom. The largest absolute Gasteiger partial charge is 0.451 e. The number of benzene rings is 5. The minimum absolute atomic E-state index is 0.00655. The molecule has 6 nitrogen and oxygen atoms in total. The van der Waals surface area contributed by atoms with Crippen LogP contribution in [-0.4, -0.2) is 14.5 Å². The normalized spacial score (nSPS) is 14.3. The van der Waals surface area contributed by atoms with E-state index in [1.165, 1.54) is 0 Å². The summed E-state index contributed by atoms with van der Waals surface area (Å²) >= 11 is 0. The van der Waals surface area contributed by atoms with Gasteiger partial charge in [0, 0.05) is 29.8 Å². The Hall–Kier alpha value is -6.19. The fourth-order valence-electron chi connectivity index (χ4n) is 7.43. The molecule has 4 aromatic heterocycles. The Balaban J connectivity index is 1.45. The number of pyridine rings is 1. The molecule has 0 radical (unpaired) electrons. The van der Waals surface area contributed by atoms with Crippen LogP contribution in [-0.2, 0) is 0 Å². The Labute approximate surface area is 304 Å². The van der Waals surface area contributed by atoms with Gasteiger partial charge >= 0.3 is 0 Å². The zero-order valence-corrected chi connectivity index (χ0v) is 28.5. The molecule has 0 aliphatic heterocycles. The second kappa shape index (κ2) is 11.4. The van der Waals surface area contributed by atoms with Crippen molar-refractivity contribution < 1.29 is 17.1 Å². The first-order valence-electron chi connectivity index (χ1n) is 20.0. The third-order valence-corrected chi connectivity index (χ3v) is 9.87. The highest BCUT2D eigenvalue weighted by molar-refractivity contribution is 6.20. The standard InChI is InChI=1S/C45H36N4O2/c1-24(2)35-21-29(28-12-8-7-9-13-28)22-36(25(3)4)40(35)49-39-27(6)11-10-14-37(39)48-44(49)34-17-15-26(5)38-33-20-19-31-32-18-16-30(23-46)47-45(32)51-42(31)43(33)50-41(34)38/h7-22,24-25H,1-6H3/i5D3,6D3. The Morgan fingerprint density at radius 1 is 0.686 bits per heavy atom. The number of aryl methyl sites for hydroxylation is 2. The maximum atomic E-state index is 9.50. The quantitative estimate of drug-likeness (QED) is 0.182. The molecule has 0 saturated carbocycles. The lowest BCUT2D eigenvalue weighted by Gasteiger charge is -2.25. The van der Waals surface area contributed by atoms with Crippen LogP contribution in [0.25, 0.3) is 83.2 Å². The number of furan rings is 2. The molecule has 0 fully saturated rings. The summed E-state index contributed by atoms with van der Waals surface area (Å²) < 4.78 is 66.8. The lowest BCUT2D eigenvalue weighted by molar-refractivity contribution is 0.626. The van der Waals surface area contributed by atoms with E-state index in [-0.39, 0.29) is 40.0 Å². The average Bonchev–Trinajstić information content (AvgIpc) is 3.87. The summed E-state index contributed by atoms with van der Waals surface area (Å²) in [5, 5.41) is 11.8. The first-order valence-corrected chi connectivity index (χ1v) is 17.0. The molecule has 6 heteroatoms. The van der Waals surface area contributed by atoms with Gasteiger partial charge in [-0.3, -0.25) is 4.57 Å². The number of hydrogen-bond donors (Lipinski definition) is 0. The molecule has 0 spiro atoms. The van der Waals surface area contributed by atoms with Gasteiger partial charge in [-0.1, -0.05) is 76.2 Å². The van der Waals surface area contributed by atoms with Crippen molar-refractivity contribution >= 4 is 55.0 Å². The minimum atomic E-state index is -2.52. The molecule has 0 bridgehead atoms. The second-order valence-electron chi connectivity index (χ2n) is 13.7. The van der Waals surface area contributed by atoms with Gasteiger partial charge in [-0.25, -0.2) is 9.97 Å². The number of nitriles is 1. The van der Waals surface area contributed by atoms with E-state index < -0.39 is 13.7 Å². The maximum Gasteiger partial charge on any atom is 0.228 e. The summed E-state index contributed by atoms with van der Waals surface area (Å²) in [5.41, 5.74) is 7.93. The van der Waals surface area contributed by atoms with Crippen molar-refractivity contribution in [3.05, 3.63) is 125 Å². The van der Waals surface area contributed by atoms with Gasteiger partial charge in [0.15, 0.2) is 11.2 Å². The highest BCUT2D eigenvalue weighted by Gasteiger charge is 2.27. The molecule has 4 heterocycles. The molecule has 5 aromatic carbocycles. The van der Waals surface area contributed by atoms with Crippen molar-refractivity contribution in [3.8, 4) is 34.3 Å². The number of hydrogen-bond acceptors (Lipinski definition) is 5. The van der Waals surface area contributed by atoms with E-state index in [1.54, 1.807) is 42.5 Å². The molecule has 0 aliphatic carbocycles. The number of fused-ring (bicyclic) bond motifs is 8. The van der Waals surface area contributed by atoms with E-state index in [1.807, 2.05) is 41.0 Å². The summed E-state index contributed by atoms with van der Waals surface area (Å²) in [7, 11) is 0. The SMILES string of the molecule is [2H]C([2H])([2H])c1ccc(-c2nc3cccc(C([2H])([2H])[2H])c3n2-c2c(C(C)C)cc(-c3ccccc3)cc2C(C)C)c2oc3c(ccc4c5ccc(C#N)nc5oc43)c12. The molecule has 0 unspecified atom stereocenters. The van der Waals surface area contributed by atoms with E-state index in [0.717, 1.165) is 27.9 Å². The monoisotopic (exact) mass is 670 g/mol. The van der Waals surface area contributed by atoms with Gasteiger partial charge in [-0.05, 0) is 107 Å². The maximum absolute atomic E-state index is 9.50.